The number of carbonyl (C=O) groups is 1. The van der Waals surface area contributed by atoms with Crippen LogP contribution in [0.25, 0.3) is 0 Å². The number of rotatable bonds is 5. The molecule has 0 aliphatic rings. The molecule has 1 N–H and O–H groups in total. The molecule has 0 aromatic heterocycles. The minimum atomic E-state index is -0.638. The first-order valence-corrected chi connectivity index (χ1v) is 7.71. The fourth-order valence-electron chi connectivity index (χ4n) is 2.27. The van der Waals surface area contributed by atoms with Crippen LogP contribution < -0.4 is 10.1 Å². The maximum absolute atomic E-state index is 13.6. The van der Waals surface area contributed by atoms with E-state index in [1.54, 1.807) is 0 Å². The largest absolute Gasteiger partial charge is 0.491 e. The van der Waals surface area contributed by atoms with Crippen molar-refractivity contribution in [2.45, 2.75) is 20.8 Å². The van der Waals surface area contributed by atoms with E-state index < -0.39 is 11.7 Å². The van der Waals surface area contributed by atoms with Crippen LogP contribution >= 0.6 is 11.6 Å². The molecule has 0 radical (unpaired) electrons. The van der Waals surface area contributed by atoms with Gasteiger partial charge < -0.3 is 10.1 Å². The van der Waals surface area contributed by atoms with E-state index in [-0.39, 0.29) is 17.1 Å². The van der Waals surface area contributed by atoms with E-state index >= 15 is 0 Å². The summed E-state index contributed by atoms with van der Waals surface area (Å²) in [6.07, 6.45) is 0. The number of benzene rings is 2. The standard InChI is InChI=1S/C18H19ClFNO2/c1-11-7-8-12(2)17(13(11)3)23-10-9-21-18(22)16-14(19)5-4-6-15(16)20/h4-8H,9-10H2,1-3H3,(H,21,22). The Morgan fingerprint density at radius 1 is 1.17 bits per heavy atom. The van der Waals surface area contributed by atoms with Gasteiger partial charge in [0.05, 0.1) is 17.1 Å². The summed E-state index contributed by atoms with van der Waals surface area (Å²) in [4.78, 5) is 12.0. The molecule has 2 aromatic carbocycles. The summed E-state index contributed by atoms with van der Waals surface area (Å²) >= 11 is 5.86. The van der Waals surface area contributed by atoms with Crippen molar-refractivity contribution in [1.82, 2.24) is 5.32 Å². The molecule has 0 bridgehead atoms. The molecule has 0 atom stereocenters. The molecule has 0 aliphatic carbocycles. The van der Waals surface area contributed by atoms with Crippen molar-refractivity contribution >= 4 is 17.5 Å². The first-order chi connectivity index (χ1) is 10.9. The Hall–Kier alpha value is -2.07. The van der Waals surface area contributed by atoms with Gasteiger partial charge in [-0.3, -0.25) is 4.79 Å². The van der Waals surface area contributed by atoms with Crippen LogP contribution in [0.5, 0.6) is 5.75 Å². The van der Waals surface area contributed by atoms with Crippen molar-refractivity contribution in [3.05, 3.63) is 63.4 Å². The van der Waals surface area contributed by atoms with Crippen LogP contribution in [0.2, 0.25) is 5.02 Å². The molecule has 1 amide bonds. The highest BCUT2D eigenvalue weighted by Gasteiger charge is 2.15. The molecule has 2 rings (SSSR count). The number of amides is 1. The van der Waals surface area contributed by atoms with Crippen molar-refractivity contribution in [1.29, 1.82) is 0 Å². The molecule has 0 spiro atoms. The second kappa shape index (κ2) is 7.47. The lowest BCUT2D eigenvalue weighted by molar-refractivity contribution is 0.0943. The molecule has 0 heterocycles. The van der Waals surface area contributed by atoms with E-state index in [9.17, 15) is 9.18 Å². The van der Waals surface area contributed by atoms with Crippen molar-refractivity contribution in [2.24, 2.45) is 0 Å². The third-order valence-corrected chi connectivity index (χ3v) is 4.01. The Kier molecular flexibility index (Phi) is 5.61. The Morgan fingerprint density at radius 3 is 2.57 bits per heavy atom. The Labute approximate surface area is 140 Å². The highest BCUT2D eigenvalue weighted by atomic mass is 35.5. The van der Waals surface area contributed by atoms with Gasteiger partial charge >= 0.3 is 0 Å². The number of nitrogens with one attached hydrogen (secondary N) is 1. The number of aryl methyl sites for hydroxylation is 2. The van der Waals surface area contributed by atoms with Crippen LogP contribution in [0.4, 0.5) is 4.39 Å². The number of hydrogen-bond acceptors (Lipinski definition) is 2. The molecular weight excluding hydrogens is 317 g/mol. The zero-order valence-electron chi connectivity index (χ0n) is 13.4. The normalized spacial score (nSPS) is 10.5. The highest BCUT2D eigenvalue weighted by molar-refractivity contribution is 6.33. The quantitative estimate of drug-likeness (QED) is 0.831. The number of hydrogen-bond donors (Lipinski definition) is 1. The van der Waals surface area contributed by atoms with Gasteiger partial charge in [-0.15, -0.1) is 0 Å². The lowest BCUT2D eigenvalue weighted by atomic mass is 10.1. The summed E-state index contributed by atoms with van der Waals surface area (Å²) in [5, 5.41) is 2.71. The minimum Gasteiger partial charge on any atom is -0.491 e. The maximum Gasteiger partial charge on any atom is 0.255 e. The van der Waals surface area contributed by atoms with Crippen LogP contribution in [0, 0.1) is 26.6 Å². The third-order valence-electron chi connectivity index (χ3n) is 3.70. The molecule has 0 saturated heterocycles. The van der Waals surface area contributed by atoms with Gasteiger partial charge in [0, 0.05) is 0 Å². The monoisotopic (exact) mass is 335 g/mol. The number of halogens is 2. The van der Waals surface area contributed by atoms with Crippen LogP contribution in [0.15, 0.2) is 30.3 Å². The maximum atomic E-state index is 13.6. The summed E-state index contributed by atoms with van der Waals surface area (Å²) in [6.45, 7) is 6.54. The number of carbonyl (C=O) groups excluding carboxylic acids is 1. The molecule has 3 nitrogen and oxygen atoms in total. The van der Waals surface area contributed by atoms with E-state index in [1.165, 1.54) is 18.2 Å². The van der Waals surface area contributed by atoms with Gasteiger partial charge in [0.15, 0.2) is 0 Å². The molecular formula is C18H19ClFNO2. The fourth-order valence-corrected chi connectivity index (χ4v) is 2.52. The topological polar surface area (TPSA) is 38.3 Å². The number of ether oxygens (including phenoxy) is 1. The van der Waals surface area contributed by atoms with Crippen molar-refractivity contribution in [3.63, 3.8) is 0 Å². The molecule has 0 saturated carbocycles. The zero-order chi connectivity index (χ0) is 17.0. The molecule has 23 heavy (non-hydrogen) atoms. The van der Waals surface area contributed by atoms with E-state index in [1.807, 2.05) is 32.9 Å². The first kappa shape index (κ1) is 17.3. The van der Waals surface area contributed by atoms with Gasteiger partial charge in [0.1, 0.15) is 18.2 Å². The summed E-state index contributed by atoms with van der Waals surface area (Å²) in [5.74, 6) is -0.362. The minimum absolute atomic E-state index is 0.0915. The lowest BCUT2D eigenvalue weighted by Gasteiger charge is -2.14. The van der Waals surface area contributed by atoms with Gasteiger partial charge in [-0.05, 0) is 49.6 Å². The van der Waals surface area contributed by atoms with Gasteiger partial charge in [-0.1, -0.05) is 29.8 Å². The Balaban J connectivity index is 1.94. The van der Waals surface area contributed by atoms with Crippen molar-refractivity contribution in [2.75, 3.05) is 13.2 Å². The van der Waals surface area contributed by atoms with Gasteiger partial charge in [-0.2, -0.15) is 0 Å². The first-order valence-electron chi connectivity index (χ1n) is 7.33. The van der Waals surface area contributed by atoms with Gasteiger partial charge in [0.2, 0.25) is 0 Å². The van der Waals surface area contributed by atoms with Crippen LogP contribution in [0.3, 0.4) is 0 Å². The second-order valence-corrected chi connectivity index (χ2v) is 5.76. The SMILES string of the molecule is Cc1ccc(C)c(OCCNC(=O)c2c(F)cccc2Cl)c1C. The van der Waals surface area contributed by atoms with Gasteiger partial charge in [-0.25, -0.2) is 4.39 Å². The zero-order valence-corrected chi connectivity index (χ0v) is 14.1. The van der Waals surface area contributed by atoms with Crippen molar-refractivity contribution < 1.29 is 13.9 Å². The molecule has 2 aromatic rings. The summed E-state index contributed by atoms with van der Waals surface area (Å²) in [6, 6.07) is 8.18. The van der Waals surface area contributed by atoms with E-state index in [2.05, 4.69) is 5.32 Å². The van der Waals surface area contributed by atoms with E-state index in [0.29, 0.717) is 6.61 Å². The fraction of sp³-hybridized carbons (Fsp3) is 0.278. The molecule has 0 aliphatic heterocycles. The van der Waals surface area contributed by atoms with Crippen LogP contribution in [0.1, 0.15) is 27.0 Å². The predicted octanol–water partition coefficient (Wildman–Crippen LogP) is 4.21. The highest BCUT2D eigenvalue weighted by Crippen LogP contribution is 2.25. The van der Waals surface area contributed by atoms with E-state index in [4.69, 9.17) is 16.3 Å². The van der Waals surface area contributed by atoms with Crippen LogP contribution in [-0.2, 0) is 0 Å². The Morgan fingerprint density at radius 2 is 1.87 bits per heavy atom. The van der Waals surface area contributed by atoms with Gasteiger partial charge in [0.25, 0.3) is 5.91 Å². The van der Waals surface area contributed by atoms with Crippen LogP contribution in [-0.4, -0.2) is 19.1 Å². The summed E-state index contributed by atoms with van der Waals surface area (Å²) in [5.41, 5.74) is 3.12. The average Bonchev–Trinajstić information content (AvgIpc) is 2.50. The second-order valence-electron chi connectivity index (χ2n) is 5.35. The van der Waals surface area contributed by atoms with Crippen molar-refractivity contribution in [3.8, 4) is 5.75 Å². The third kappa shape index (κ3) is 4.02. The molecule has 122 valence electrons. The molecule has 0 fully saturated rings. The summed E-state index contributed by atoms with van der Waals surface area (Å²) < 4.78 is 19.4. The lowest BCUT2D eigenvalue weighted by Crippen LogP contribution is -2.29. The Bertz CT molecular complexity index is 711. The predicted molar refractivity (Wildman–Crippen MR) is 89.9 cm³/mol. The summed E-state index contributed by atoms with van der Waals surface area (Å²) in [7, 11) is 0. The molecule has 0 unspecified atom stereocenters. The van der Waals surface area contributed by atoms with E-state index in [0.717, 1.165) is 22.4 Å². The smallest absolute Gasteiger partial charge is 0.255 e. The average molecular weight is 336 g/mol. The molecule has 5 heteroatoms.